The number of nitrogens with two attached hydrogens (primary N) is 1. The monoisotopic (exact) mass is 534 g/mol. The number of nitrogen functional groups attached to an aromatic ring is 1. The van der Waals surface area contributed by atoms with E-state index < -0.39 is 5.91 Å². The van der Waals surface area contributed by atoms with Crippen molar-refractivity contribution in [2.24, 2.45) is 5.84 Å². The van der Waals surface area contributed by atoms with Gasteiger partial charge in [-0.25, -0.2) is 25.6 Å². The van der Waals surface area contributed by atoms with Gasteiger partial charge in [0.15, 0.2) is 0 Å². The van der Waals surface area contributed by atoms with E-state index in [1.54, 1.807) is 37.8 Å². The number of aromatic nitrogens is 4. The van der Waals surface area contributed by atoms with Crippen LogP contribution in [0.2, 0.25) is 0 Å². The average Bonchev–Trinajstić information content (AvgIpc) is 3.43. The van der Waals surface area contributed by atoms with E-state index in [0.717, 1.165) is 5.56 Å². The first kappa shape index (κ1) is 26.6. The number of amides is 3. The quantitative estimate of drug-likeness (QED) is 0.103. The zero-order valence-corrected chi connectivity index (χ0v) is 21.5. The number of pyridine rings is 3. The summed E-state index contributed by atoms with van der Waals surface area (Å²) in [5.74, 6) is 5.60. The van der Waals surface area contributed by atoms with E-state index in [-0.39, 0.29) is 11.6 Å². The average molecular weight is 535 g/mol. The van der Waals surface area contributed by atoms with Gasteiger partial charge in [0, 0.05) is 60.5 Å². The number of urea groups is 1. The van der Waals surface area contributed by atoms with Crippen molar-refractivity contribution < 1.29 is 19.1 Å². The van der Waals surface area contributed by atoms with Crippen molar-refractivity contribution in [2.45, 2.75) is 6.92 Å². The van der Waals surface area contributed by atoms with Gasteiger partial charge in [-0.3, -0.25) is 20.5 Å². The molecule has 5 N–H and O–H groups in total. The van der Waals surface area contributed by atoms with E-state index >= 15 is 0 Å². The van der Waals surface area contributed by atoms with Crippen LogP contribution in [0.25, 0.3) is 33.0 Å². The van der Waals surface area contributed by atoms with E-state index in [9.17, 15) is 9.59 Å². The van der Waals surface area contributed by atoms with Gasteiger partial charge in [-0.15, -0.1) is 11.3 Å². The molecule has 4 rings (SSSR count). The normalized spacial score (nSPS) is 10.6. The molecule has 0 radical (unpaired) electrons. The minimum atomic E-state index is -0.475. The first-order chi connectivity index (χ1) is 18.5. The third kappa shape index (κ3) is 6.26. The minimum Gasteiger partial charge on any atom is -0.475 e. The molecule has 4 aromatic rings. The van der Waals surface area contributed by atoms with Gasteiger partial charge in [0.2, 0.25) is 5.88 Å². The van der Waals surface area contributed by atoms with E-state index in [4.69, 9.17) is 20.3 Å². The second kappa shape index (κ2) is 12.7. The maximum absolute atomic E-state index is 12.1. The molecule has 0 spiro atoms. The van der Waals surface area contributed by atoms with Gasteiger partial charge in [-0.2, -0.15) is 0 Å². The maximum Gasteiger partial charge on any atom is 0.320 e. The van der Waals surface area contributed by atoms with Crippen molar-refractivity contribution in [3.05, 3.63) is 60.0 Å². The summed E-state index contributed by atoms with van der Waals surface area (Å²) in [6.45, 7) is 3.06. The van der Waals surface area contributed by atoms with E-state index in [1.165, 1.54) is 17.5 Å². The Hall–Kier alpha value is -4.46. The number of carbonyl (C=O) groups is 2. The lowest BCUT2D eigenvalue weighted by Gasteiger charge is -2.12. The number of hydrogen-bond donors (Lipinski definition) is 4. The number of methoxy groups -OCH3 is 1. The summed E-state index contributed by atoms with van der Waals surface area (Å²) in [6, 6.07) is 6.69. The lowest BCUT2D eigenvalue weighted by atomic mass is 10.0. The fraction of sp³-hybridized carbons (Fsp3) is 0.200. The molecule has 196 valence electrons. The summed E-state index contributed by atoms with van der Waals surface area (Å²) in [5, 5.41) is 7.95. The number of nitrogens with zero attached hydrogens (tertiary/aromatic N) is 4. The number of rotatable bonds is 10. The maximum atomic E-state index is 12.1. The molecule has 4 aromatic heterocycles. The largest absolute Gasteiger partial charge is 0.475 e. The van der Waals surface area contributed by atoms with Gasteiger partial charge < -0.3 is 14.8 Å². The Kier molecular flexibility index (Phi) is 8.87. The van der Waals surface area contributed by atoms with Crippen molar-refractivity contribution in [1.82, 2.24) is 30.7 Å². The summed E-state index contributed by atoms with van der Waals surface area (Å²) in [4.78, 5) is 42.0. The van der Waals surface area contributed by atoms with Crippen LogP contribution < -0.4 is 26.6 Å². The number of nitrogens with one attached hydrogen (secondary N) is 3. The number of anilines is 1. The van der Waals surface area contributed by atoms with Gasteiger partial charge in [0.25, 0.3) is 5.91 Å². The lowest BCUT2D eigenvalue weighted by molar-refractivity contribution is 0.0953. The summed E-state index contributed by atoms with van der Waals surface area (Å²) in [7, 11) is 1.60. The Morgan fingerprint density at radius 2 is 1.95 bits per heavy atom. The van der Waals surface area contributed by atoms with Crippen LogP contribution in [0.1, 0.15) is 17.3 Å². The minimum absolute atomic E-state index is 0.286. The molecular weight excluding hydrogens is 508 g/mol. The third-order valence-electron chi connectivity index (χ3n) is 5.23. The summed E-state index contributed by atoms with van der Waals surface area (Å²) < 4.78 is 10.8. The van der Waals surface area contributed by atoms with Crippen molar-refractivity contribution in [3.63, 3.8) is 0 Å². The zero-order chi connectivity index (χ0) is 26.9. The Labute approximate surface area is 222 Å². The fourth-order valence-electron chi connectivity index (χ4n) is 3.49. The highest BCUT2D eigenvalue weighted by atomic mass is 32.1. The first-order valence-corrected chi connectivity index (χ1v) is 12.5. The molecule has 12 nitrogen and oxygen atoms in total. The van der Waals surface area contributed by atoms with Crippen LogP contribution in [0.4, 0.5) is 10.6 Å². The van der Waals surface area contributed by atoms with E-state index in [0.29, 0.717) is 58.8 Å². The standard InChI is InChI=1S/C25H26N8O4S/c1-3-28-25(35)32-21-10-18(19(13-30-21)15-9-16(12-27-11-15)22(34)33-26)24-31-20(14-38-24)17-5-4-6-29-23(17)37-8-7-36-2/h4-6,9-14H,3,7-8,26H2,1-2H3,(H,33,34)(H2,28,30,32,35). The topological polar surface area (TPSA) is 166 Å². The summed E-state index contributed by atoms with van der Waals surface area (Å²) in [5.41, 5.74) is 5.76. The molecule has 0 aliphatic carbocycles. The van der Waals surface area contributed by atoms with Crippen LogP contribution in [-0.4, -0.2) is 58.7 Å². The molecule has 0 aromatic carbocycles. The van der Waals surface area contributed by atoms with Gasteiger partial charge >= 0.3 is 6.03 Å². The highest BCUT2D eigenvalue weighted by Crippen LogP contribution is 2.38. The molecule has 0 saturated heterocycles. The number of ether oxygens (including phenoxy) is 2. The fourth-order valence-corrected chi connectivity index (χ4v) is 4.34. The summed E-state index contributed by atoms with van der Waals surface area (Å²) >= 11 is 1.40. The Morgan fingerprint density at radius 1 is 1.08 bits per heavy atom. The van der Waals surface area contributed by atoms with E-state index in [1.807, 2.05) is 24.4 Å². The molecule has 3 amide bonds. The Morgan fingerprint density at radius 3 is 2.74 bits per heavy atom. The number of hydrazine groups is 1. The third-order valence-corrected chi connectivity index (χ3v) is 6.11. The first-order valence-electron chi connectivity index (χ1n) is 11.6. The lowest BCUT2D eigenvalue weighted by Crippen LogP contribution is -2.30. The van der Waals surface area contributed by atoms with Crippen LogP contribution in [0.15, 0.2) is 54.4 Å². The van der Waals surface area contributed by atoms with Crippen molar-refractivity contribution in [2.75, 3.05) is 32.2 Å². The number of hydrogen-bond acceptors (Lipinski definition) is 10. The molecule has 0 unspecified atom stereocenters. The molecule has 0 saturated carbocycles. The smallest absolute Gasteiger partial charge is 0.320 e. The predicted molar refractivity (Wildman–Crippen MR) is 144 cm³/mol. The molecular formula is C25H26N8O4S. The van der Waals surface area contributed by atoms with Crippen molar-refractivity contribution >= 4 is 29.1 Å². The summed E-state index contributed by atoms with van der Waals surface area (Å²) in [6.07, 6.45) is 6.28. The molecule has 13 heteroatoms. The predicted octanol–water partition coefficient (Wildman–Crippen LogP) is 3.10. The van der Waals surface area contributed by atoms with Gasteiger partial charge in [0.05, 0.1) is 23.4 Å². The molecule has 0 aliphatic heterocycles. The van der Waals surface area contributed by atoms with Crippen LogP contribution >= 0.6 is 11.3 Å². The Balaban J connectivity index is 1.77. The van der Waals surface area contributed by atoms with Gasteiger partial charge in [-0.05, 0) is 31.2 Å². The Bertz CT molecular complexity index is 1430. The molecule has 0 atom stereocenters. The second-order valence-electron chi connectivity index (χ2n) is 7.77. The SMILES string of the molecule is CCNC(=O)Nc1cc(-c2nc(-c3cccnc3OCCOC)cs2)c(-c2cncc(C(=O)NN)c2)cn1. The van der Waals surface area contributed by atoms with Crippen LogP contribution in [0, 0.1) is 0 Å². The van der Waals surface area contributed by atoms with Gasteiger partial charge in [-0.1, -0.05) is 0 Å². The molecule has 38 heavy (non-hydrogen) atoms. The number of thiazole rings is 1. The molecule has 0 aliphatic rings. The van der Waals surface area contributed by atoms with Crippen LogP contribution in [-0.2, 0) is 4.74 Å². The van der Waals surface area contributed by atoms with Crippen molar-refractivity contribution in [3.8, 4) is 38.8 Å². The molecule has 0 bridgehead atoms. The molecule has 0 fully saturated rings. The highest BCUT2D eigenvalue weighted by Gasteiger charge is 2.18. The molecule has 4 heterocycles. The highest BCUT2D eigenvalue weighted by molar-refractivity contribution is 7.13. The second-order valence-corrected chi connectivity index (χ2v) is 8.63. The zero-order valence-electron chi connectivity index (χ0n) is 20.7. The number of carbonyl (C=O) groups excluding carboxylic acids is 2. The van der Waals surface area contributed by atoms with Crippen molar-refractivity contribution in [1.29, 1.82) is 0 Å². The van der Waals surface area contributed by atoms with Crippen LogP contribution in [0.5, 0.6) is 5.88 Å². The van der Waals surface area contributed by atoms with E-state index in [2.05, 4.69) is 31.0 Å². The van der Waals surface area contributed by atoms with Gasteiger partial charge in [0.1, 0.15) is 17.4 Å². The van der Waals surface area contributed by atoms with Crippen LogP contribution in [0.3, 0.4) is 0 Å².